The highest BCUT2D eigenvalue weighted by atomic mass is 32.2. The van der Waals surface area contributed by atoms with Gasteiger partial charge in [-0.3, -0.25) is 9.52 Å². The third-order valence-electron chi connectivity index (χ3n) is 4.19. The minimum absolute atomic E-state index is 0.178. The van der Waals surface area contributed by atoms with Gasteiger partial charge in [0.25, 0.3) is 5.91 Å². The lowest BCUT2D eigenvalue weighted by Gasteiger charge is -2.11. The van der Waals surface area contributed by atoms with E-state index in [1.165, 1.54) is 6.07 Å². The van der Waals surface area contributed by atoms with Crippen LogP contribution in [0.1, 0.15) is 40.0 Å². The third kappa shape index (κ3) is 4.17. The van der Waals surface area contributed by atoms with E-state index in [1.54, 1.807) is 13.0 Å². The number of rotatable bonds is 5. The van der Waals surface area contributed by atoms with Crippen LogP contribution >= 0.6 is 0 Å². The molecule has 0 unspecified atom stereocenters. The van der Waals surface area contributed by atoms with Crippen LogP contribution in [-0.2, 0) is 10.0 Å². The van der Waals surface area contributed by atoms with E-state index in [-0.39, 0.29) is 17.0 Å². The molecule has 1 aliphatic carbocycles. The number of aromatic nitrogens is 1. The molecule has 132 valence electrons. The average molecular weight is 359 g/mol. The van der Waals surface area contributed by atoms with Gasteiger partial charge in [-0.05, 0) is 69.0 Å². The minimum atomic E-state index is -3.41. The summed E-state index contributed by atoms with van der Waals surface area (Å²) in [5.41, 5.74) is 3.86. The summed E-state index contributed by atoms with van der Waals surface area (Å²) >= 11 is 0. The van der Waals surface area contributed by atoms with Crippen LogP contribution in [0.4, 0.5) is 11.5 Å². The summed E-state index contributed by atoms with van der Waals surface area (Å²) in [6, 6.07) is 8.77. The Morgan fingerprint density at radius 2 is 1.80 bits per heavy atom. The molecule has 7 heteroatoms. The molecule has 2 aromatic rings. The second kappa shape index (κ2) is 6.48. The zero-order valence-corrected chi connectivity index (χ0v) is 15.3. The Kier molecular flexibility index (Phi) is 4.51. The molecule has 6 nitrogen and oxygen atoms in total. The van der Waals surface area contributed by atoms with Crippen molar-refractivity contribution in [2.75, 3.05) is 10.0 Å². The Morgan fingerprint density at radius 3 is 2.44 bits per heavy atom. The first kappa shape index (κ1) is 17.4. The first-order valence-electron chi connectivity index (χ1n) is 8.13. The number of amides is 1. The number of anilines is 2. The van der Waals surface area contributed by atoms with Crippen molar-refractivity contribution < 1.29 is 13.2 Å². The Bertz CT molecular complexity index is 935. The Hall–Kier alpha value is -2.41. The molecule has 2 N–H and O–H groups in total. The highest BCUT2D eigenvalue weighted by Gasteiger charge is 2.36. The molecule has 1 aromatic heterocycles. The topological polar surface area (TPSA) is 88.2 Å². The van der Waals surface area contributed by atoms with E-state index < -0.39 is 10.0 Å². The van der Waals surface area contributed by atoms with Crippen molar-refractivity contribution in [1.29, 1.82) is 0 Å². The second-order valence-electron chi connectivity index (χ2n) is 6.48. The number of pyridine rings is 1. The molecule has 0 aliphatic heterocycles. The largest absolute Gasteiger partial charge is 0.322 e. The first-order valence-corrected chi connectivity index (χ1v) is 9.68. The van der Waals surface area contributed by atoms with Gasteiger partial charge >= 0.3 is 0 Å². The van der Waals surface area contributed by atoms with Crippen molar-refractivity contribution in [3.05, 3.63) is 52.7 Å². The van der Waals surface area contributed by atoms with Crippen LogP contribution in [-0.4, -0.2) is 24.6 Å². The van der Waals surface area contributed by atoms with Gasteiger partial charge in [0.05, 0.1) is 5.25 Å². The zero-order chi connectivity index (χ0) is 18.2. The second-order valence-corrected chi connectivity index (χ2v) is 8.44. The summed E-state index contributed by atoms with van der Waals surface area (Å²) in [4.78, 5) is 16.7. The van der Waals surface area contributed by atoms with Crippen LogP contribution in [0.25, 0.3) is 0 Å². The summed E-state index contributed by atoms with van der Waals surface area (Å²) in [5, 5.41) is 2.49. The van der Waals surface area contributed by atoms with E-state index in [0.29, 0.717) is 29.8 Å². The SMILES string of the molecule is Cc1cc(C(=O)Nc2ccc(C)c(C)c2)cc(NS(=O)(=O)C2CC2)n1. The summed E-state index contributed by atoms with van der Waals surface area (Å²) in [5.74, 6) is -0.127. The summed E-state index contributed by atoms with van der Waals surface area (Å²) in [6.45, 7) is 5.71. The van der Waals surface area contributed by atoms with Crippen molar-refractivity contribution in [3.63, 3.8) is 0 Å². The molecule has 0 radical (unpaired) electrons. The lowest BCUT2D eigenvalue weighted by atomic mass is 10.1. The lowest BCUT2D eigenvalue weighted by molar-refractivity contribution is 0.102. The van der Waals surface area contributed by atoms with Gasteiger partial charge in [-0.25, -0.2) is 13.4 Å². The maximum Gasteiger partial charge on any atom is 0.255 e. The smallest absolute Gasteiger partial charge is 0.255 e. The van der Waals surface area contributed by atoms with Gasteiger partial charge in [-0.15, -0.1) is 0 Å². The van der Waals surface area contributed by atoms with Crippen LogP contribution in [0.15, 0.2) is 30.3 Å². The summed E-state index contributed by atoms with van der Waals surface area (Å²) < 4.78 is 26.6. The van der Waals surface area contributed by atoms with E-state index in [9.17, 15) is 13.2 Å². The van der Waals surface area contributed by atoms with Gasteiger partial charge in [0.1, 0.15) is 5.82 Å². The molecule has 0 spiro atoms. The van der Waals surface area contributed by atoms with Gasteiger partial charge in [0.15, 0.2) is 0 Å². The minimum Gasteiger partial charge on any atom is -0.322 e. The Labute approximate surface area is 147 Å². The predicted octanol–water partition coefficient (Wildman–Crippen LogP) is 3.16. The molecule has 0 saturated heterocycles. The van der Waals surface area contributed by atoms with Gasteiger partial charge in [-0.2, -0.15) is 0 Å². The third-order valence-corrected chi connectivity index (χ3v) is 6.03. The molecule has 0 atom stereocenters. The van der Waals surface area contributed by atoms with Gasteiger partial charge < -0.3 is 5.32 Å². The molecule has 1 heterocycles. The maximum absolute atomic E-state index is 12.5. The fourth-order valence-electron chi connectivity index (χ4n) is 2.48. The van der Waals surface area contributed by atoms with Crippen molar-refractivity contribution in [1.82, 2.24) is 4.98 Å². The highest BCUT2D eigenvalue weighted by molar-refractivity contribution is 7.93. The molecular formula is C18H21N3O3S. The van der Waals surface area contributed by atoms with E-state index in [4.69, 9.17) is 0 Å². The first-order chi connectivity index (χ1) is 11.7. The normalized spacial score (nSPS) is 14.2. The standard InChI is InChI=1S/C18H21N3O3S/c1-11-4-5-15(8-12(11)2)20-18(22)14-9-13(3)19-17(10-14)21-25(23,24)16-6-7-16/h4-5,8-10,16H,6-7H2,1-3H3,(H,19,21)(H,20,22). The van der Waals surface area contributed by atoms with Gasteiger partial charge in [0.2, 0.25) is 10.0 Å². The number of nitrogens with one attached hydrogen (secondary N) is 2. The number of carbonyl (C=O) groups is 1. The number of hydrogen-bond acceptors (Lipinski definition) is 4. The Morgan fingerprint density at radius 1 is 1.08 bits per heavy atom. The molecular weight excluding hydrogens is 338 g/mol. The summed E-state index contributed by atoms with van der Waals surface area (Å²) in [6.07, 6.45) is 1.34. The lowest BCUT2D eigenvalue weighted by Crippen LogP contribution is -2.19. The molecule has 1 fully saturated rings. The van der Waals surface area contributed by atoms with Crippen LogP contribution in [0.2, 0.25) is 0 Å². The van der Waals surface area contributed by atoms with Crippen LogP contribution < -0.4 is 10.0 Å². The van der Waals surface area contributed by atoms with E-state index in [2.05, 4.69) is 15.0 Å². The number of aryl methyl sites for hydroxylation is 3. The maximum atomic E-state index is 12.5. The zero-order valence-electron chi connectivity index (χ0n) is 14.5. The van der Waals surface area contributed by atoms with E-state index >= 15 is 0 Å². The molecule has 25 heavy (non-hydrogen) atoms. The number of hydrogen-bond donors (Lipinski definition) is 2. The van der Waals surface area contributed by atoms with Gasteiger partial charge in [0, 0.05) is 16.9 Å². The number of sulfonamides is 1. The molecule has 1 amide bonds. The number of carbonyl (C=O) groups excluding carboxylic acids is 1. The van der Waals surface area contributed by atoms with Crippen molar-refractivity contribution in [2.24, 2.45) is 0 Å². The summed E-state index contributed by atoms with van der Waals surface area (Å²) in [7, 11) is -3.41. The highest BCUT2D eigenvalue weighted by Crippen LogP contribution is 2.29. The van der Waals surface area contributed by atoms with E-state index in [1.807, 2.05) is 32.0 Å². The van der Waals surface area contributed by atoms with Crippen molar-refractivity contribution in [3.8, 4) is 0 Å². The average Bonchev–Trinajstić information content (AvgIpc) is 3.35. The van der Waals surface area contributed by atoms with Crippen LogP contribution in [0.5, 0.6) is 0 Å². The van der Waals surface area contributed by atoms with Crippen LogP contribution in [0, 0.1) is 20.8 Å². The predicted molar refractivity (Wildman–Crippen MR) is 98.4 cm³/mol. The molecule has 1 saturated carbocycles. The molecule has 1 aromatic carbocycles. The fraction of sp³-hybridized carbons (Fsp3) is 0.333. The number of benzene rings is 1. The fourth-order valence-corrected chi connectivity index (χ4v) is 3.80. The Balaban J connectivity index is 1.81. The van der Waals surface area contributed by atoms with Crippen molar-refractivity contribution >= 4 is 27.4 Å². The molecule has 0 bridgehead atoms. The van der Waals surface area contributed by atoms with Crippen LogP contribution in [0.3, 0.4) is 0 Å². The quantitative estimate of drug-likeness (QED) is 0.858. The molecule has 3 rings (SSSR count). The molecule has 1 aliphatic rings. The van der Waals surface area contributed by atoms with Gasteiger partial charge in [-0.1, -0.05) is 6.07 Å². The van der Waals surface area contributed by atoms with E-state index in [0.717, 1.165) is 11.1 Å². The monoisotopic (exact) mass is 359 g/mol. The number of nitrogens with zero attached hydrogens (tertiary/aromatic N) is 1. The van der Waals surface area contributed by atoms with Crippen molar-refractivity contribution in [2.45, 2.75) is 38.9 Å².